The van der Waals surface area contributed by atoms with Crippen LogP contribution in [-0.4, -0.2) is 25.1 Å². The van der Waals surface area contributed by atoms with Gasteiger partial charge in [-0.2, -0.15) is 5.10 Å². The highest BCUT2D eigenvalue weighted by Gasteiger charge is 2.09. The van der Waals surface area contributed by atoms with Crippen LogP contribution in [0.4, 0.5) is 10.1 Å². The van der Waals surface area contributed by atoms with Crippen LogP contribution < -0.4 is 20.2 Å². The average Bonchev–Trinajstić information content (AvgIpc) is 2.84. The molecule has 0 aliphatic carbocycles. The van der Waals surface area contributed by atoms with Crippen LogP contribution in [0.5, 0.6) is 11.5 Å². The second-order valence-electron chi connectivity index (χ2n) is 7.15. The number of hydrazone groups is 1. The van der Waals surface area contributed by atoms with Crippen LogP contribution in [0.3, 0.4) is 0 Å². The number of hydrogen-bond acceptors (Lipinski definition) is 5. The molecule has 3 aromatic carbocycles. The topological polar surface area (TPSA) is 89.0 Å². The number of benzene rings is 3. The maximum absolute atomic E-state index is 13.6. The van der Waals surface area contributed by atoms with Crippen LogP contribution >= 0.6 is 11.6 Å². The van der Waals surface area contributed by atoms with E-state index in [0.717, 1.165) is 5.56 Å². The van der Waals surface area contributed by atoms with Gasteiger partial charge < -0.3 is 14.8 Å². The number of amides is 2. The van der Waals surface area contributed by atoms with Crippen molar-refractivity contribution in [2.24, 2.45) is 5.10 Å². The van der Waals surface area contributed by atoms with Crippen molar-refractivity contribution in [1.29, 1.82) is 0 Å². The summed E-state index contributed by atoms with van der Waals surface area (Å²) in [4.78, 5) is 23.8. The Labute approximate surface area is 201 Å². The molecule has 0 saturated carbocycles. The minimum absolute atomic E-state index is 0.0699. The Morgan fingerprint density at radius 2 is 1.74 bits per heavy atom. The van der Waals surface area contributed by atoms with E-state index in [2.05, 4.69) is 15.8 Å². The maximum Gasteiger partial charge on any atom is 0.240 e. The van der Waals surface area contributed by atoms with Gasteiger partial charge in [-0.25, -0.2) is 9.82 Å². The summed E-state index contributed by atoms with van der Waals surface area (Å²) in [6.07, 6.45) is 1.24. The van der Waals surface area contributed by atoms with Gasteiger partial charge in [0.25, 0.3) is 0 Å². The molecule has 176 valence electrons. The quantitative estimate of drug-likeness (QED) is 0.316. The van der Waals surface area contributed by atoms with E-state index in [1.165, 1.54) is 31.5 Å². The molecule has 34 heavy (non-hydrogen) atoms. The van der Waals surface area contributed by atoms with Crippen molar-refractivity contribution in [1.82, 2.24) is 5.43 Å². The average molecular weight is 484 g/mol. The molecule has 0 aliphatic rings. The van der Waals surface area contributed by atoms with Crippen molar-refractivity contribution in [3.63, 3.8) is 0 Å². The molecule has 2 amide bonds. The zero-order valence-corrected chi connectivity index (χ0v) is 19.1. The first-order chi connectivity index (χ1) is 16.4. The fraction of sp³-hybridized carbons (Fsp3) is 0.160. The Hall–Kier alpha value is -3.91. The van der Waals surface area contributed by atoms with Crippen LogP contribution in [0, 0.1) is 5.82 Å². The van der Waals surface area contributed by atoms with Gasteiger partial charge in [0.2, 0.25) is 11.8 Å². The number of ether oxygens (including phenoxy) is 2. The summed E-state index contributed by atoms with van der Waals surface area (Å²) in [6, 6.07) is 18.4. The molecule has 0 unspecified atom stereocenters. The number of anilines is 1. The van der Waals surface area contributed by atoms with Crippen molar-refractivity contribution in [2.75, 3.05) is 12.4 Å². The highest BCUT2D eigenvalue weighted by molar-refractivity contribution is 6.30. The molecule has 3 aromatic rings. The zero-order valence-electron chi connectivity index (χ0n) is 18.4. The van der Waals surface area contributed by atoms with Gasteiger partial charge in [-0.05, 0) is 53.6 Å². The van der Waals surface area contributed by atoms with Crippen molar-refractivity contribution in [3.05, 3.63) is 88.7 Å². The Morgan fingerprint density at radius 3 is 2.47 bits per heavy atom. The normalized spacial score (nSPS) is 10.7. The summed E-state index contributed by atoms with van der Waals surface area (Å²) >= 11 is 5.89. The molecule has 0 atom stereocenters. The number of nitrogens with zero attached hydrogens (tertiary/aromatic N) is 1. The van der Waals surface area contributed by atoms with Gasteiger partial charge in [-0.3, -0.25) is 9.59 Å². The number of methoxy groups -OCH3 is 1. The summed E-state index contributed by atoms with van der Waals surface area (Å²) in [5.41, 5.74) is 4.06. The lowest BCUT2D eigenvalue weighted by atomic mass is 10.2. The third-order valence-corrected chi connectivity index (χ3v) is 4.88. The Balaban J connectivity index is 1.46. The van der Waals surface area contributed by atoms with Crippen LogP contribution in [0.2, 0.25) is 5.02 Å². The highest BCUT2D eigenvalue weighted by Crippen LogP contribution is 2.28. The lowest BCUT2D eigenvalue weighted by molar-refractivity contribution is -0.124. The third-order valence-electron chi connectivity index (χ3n) is 4.63. The van der Waals surface area contributed by atoms with E-state index in [9.17, 15) is 14.0 Å². The van der Waals surface area contributed by atoms with E-state index in [-0.39, 0.29) is 18.5 Å². The van der Waals surface area contributed by atoms with Crippen LogP contribution in [0.25, 0.3) is 0 Å². The van der Waals surface area contributed by atoms with E-state index in [1.54, 1.807) is 36.4 Å². The van der Waals surface area contributed by atoms with Crippen LogP contribution in [0.1, 0.15) is 24.0 Å². The summed E-state index contributed by atoms with van der Waals surface area (Å²) < 4.78 is 24.7. The first-order valence-corrected chi connectivity index (χ1v) is 10.7. The molecule has 2 N–H and O–H groups in total. The summed E-state index contributed by atoms with van der Waals surface area (Å²) in [7, 11) is 1.53. The molecule has 0 aromatic heterocycles. The smallest absolute Gasteiger partial charge is 0.240 e. The highest BCUT2D eigenvalue weighted by atomic mass is 35.5. The Kier molecular flexibility index (Phi) is 8.99. The molecule has 0 fully saturated rings. The molecular formula is C25H23ClFN3O4. The third kappa shape index (κ3) is 7.60. The number of para-hydroxylation sites is 1. The van der Waals surface area contributed by atoms with Crippen molar-refractivity contribution < 1.29 is 23.5 Å². The molecule has 0 heterocycles. The summed E-state index contributed by atoms with van der Waals surface area (Å²) in [5.74, 6) is -0.395. The fourth-order valence-electron chi connectivity index (χ4n) is 2.86. The molecular weight excluding hydrogens is 461 g/mol. The minimum atomic E-state index is -0.540. The largest absolute Gasteiger partial charge is 0.493 e. The van der Waals surface area contributed by atoms with E-state index >= 15 is 0 Å². The number of carbonyl (C=O) groups excluding carboxylic acids is 2. The fourth-order valence-corrected chi connectivity index (χ4v) is 2.99. The molecule has 9 heteroatoms. The molecule has 7 nitrogen and oxygen atoms in total. The van der Waals surface area contributed by atoms with Crippen LogP contribution in [0.15, 0.2) is 71.8 Å². The minimum Gasteiger partial charge on any atom is -0.493 e. The SMILES string of the molecule is COc1cc(C=NNC(=O)CCC(=O)Nc2ccccc2F)ccc1OCc1ccc(Cl)cc1. The predicted molar refractivity (Wildman–Crippen MR) is 129 cm³/mol. The standard InChI is InChI=1S/C25H23ClFN3O4/c1-33-23-14-18(8-11-22(23)34-16-17-6-9-19(26)10-7-17)15-28-30-25(32)13-12-24(31)29-21-5-3-2-4-20(21)27/h2-11,14-15H,12-13,16H2,1H3,(H,29,31)(H,30,32). The monoisotopic (exact) mass is 483 g/mol. The van der Waals surface area contributed by atoms with E-state index in [1.807, 2.05) is 12.1 Å². The second-order valence-corrected chi connectivity index (χ2v) is 7.58. The summed E-state index contributed by atoms with van der Waals surface area (Å²) in [5, 5.41) is 6.98. The lowest BCUT2D eigenvalue weighted by Crippen LogP contribution is -2.21. The second kappa shape index (κ2) is 12.4. The van der Waals surface area contributed by atoms with E-state index in [4.69, 9.17) is 21.1 Å². The summed E-state index contributed by atoms with van der Waals surface area (Å²) in [6.45, 7) is 0.349. The molecule has 0 radical (unpaired) electrons. The molecule has 0 bridgehead atoms. The number of halogens is 2. The molecule has 0 spiro atoms. The number of rotatable bonds is 10. The van der Waals surface area contributed by atoms with Crippen molar-refractivity contribution >= 4 is 35.3 Å². The first-order valence-electron chi connectivity index (χ1n) is 10.4. The van der Waals surface area contributed by atoms with E-state index < -0.39 is 17.6 Å². The Bertz CT molecular complexity index is 1170. The lowest BCUT2D eigenvalue weighted by Gasteiger charge is -2.11. The van der Waals surface area contributed by atoms with Gasteiger partial charge in [-0.15, -0.1) is 0 Å². The maximum atomic E-state index is 13.6. The molecule has 0 saturated heterocycles. The first kappa shape index (κ1) is 24.7. The van der Waals surface area contributed by atoms with Crippen molar-refractivity contribution in [3.8, 4) is 11.5 Å². The molecule has 0 aliphatic heterocycles. The Morgan fingerprint density at radius 1 is 1.00 bits per heavy atom. The van der Waals surface area contributed by atoms with E-state index in [0.29, 0.717) is 28.7 Å². The number of hydrogen-bond donors (Lipinski definition) is 2. The van der Waals surface area contributed by atoms with Gasteiger partial charge in [0.05, 0.1) is 19.0 Å². The van der Waals surface area contributed by atoms with Gasteiger partial charge >= 0.3 is 0 Å². The number of carbonyl (C=O) groups is 2. The van der Waals surface area contributed by atoms with Gasteiger partial charge in [0.1, 0.15) is 12.4 Å². The van der Waals surface area contributed by atoms with Gasteiger partial charge in [-0.1, -0.05) is 35.9 Å². The molecule has 3 rings (SSSR count). The van der Waals surface area contributed by atoms with Crippen molar-refractivity contribution in [2.45, 2.75) is 19.4 Å². The van der Waals surface area contributed by atoms with Gasteiger partial charge in [0, 0.05) is 17.9 Å². The van der Waals surface area contributed by atoms with Crippen LogP contribution in [-0.2, 0) is 16.2 Å². The van der Waals surface area contributed by atoms with Gasteiger partial charge in [0.15, 0.2) is 11.5 Å². The predicted octanol–water partition coefficient (Wildman–Crippen LogP) is 4.94. The number of nitrogens with one attached hydrogen (secondary N) is 2. The zero-order chi connectivity index (χ0) is 24.3.